The van der Waals surface area contributed by atoms with Crippen molar-refractivity contribution in [1.82, 2.24) is 4.90 Å². The van der Waals surface area contributed by atoms with Gasteiger partial charge in [-0.3, -0.25) is 0 Å². The molecule has 2 heterocycles. The molecule has 3 nitrogen and oxygen atoms in total. The fourth-order valence-corrected chi connectivity index (χ4v) is 5.29. The molecule has 1 saturated heterocycles. The summed E-state index contributed by atoms with van der Waals surface area (Å²) in [5.41, 5.74) is 3.16. The van der Waals surface area contributed by atoms with Crippen molar-refractivity contribution in [2.45, 2.75) is 42.5 Å². The second kappa shape index (κ2) is 7.34. The van der Waals surface area contributed by atoms with Crippen LogP contribution in [0.1, 0.15) is 32.3 Å². The molecule has 0 aromatic heterocycles. The predicted octanol–water partition coefficient (Wildman–Crippen LogP) is 5.28. The van der Waals surface area contributed by atoms with E-state index in [2.05, 4.69) is 60.0 Å². The monoisotopic (exact) mass is 363 g/mol. The van der Waals surface area contributed by atoms with E-state index < -0.39 is 0 Å². The average molecular weight is 364 g/mol. The summed E-state index contributed by atoms with van der Waals surface area (Å²) in [6, 6.07) is 17.4. The first kappa shape index (κ1) is 17.5. The minimum atomic E-state index is 0.357. The Kier molecular flexibility index (Phi) is 4.93. The normalized spacial score (nSPS) is 20.8. The van der Waals surface area contributed by atoms with Crippen molar-refractivity contribution in [1.29, 1.82) is 5.26 Å². The van der Waals surface area contributed by atoms with Crippen LogP contribution in [0.4, 0.5) is 11.4 Å². The Morgan fingerprint density at radius 2 is 2.00 bits per heavy atom. The fourth-order valence-electron chi connectivity index (χ4n) is 4.23. The molecule has 26 heavy (non-hydrogen) atoms. The van der Waals surface area contributed by atoms with E-state index in [-0.39, 0.29) is 0 Å². The van der Waals surface area contributed by atoms with Crippen LogP contribution in [-0.2, 0) is 0 Å². The largest absolute Gasteiger partial charge is 0.335 e. The molecule has 2 aliphatic heterocycles. The molecular weight excluding hydrogens is 338 g/mol. The highest BCUT2D eigenvalue weighted by Gasteiger charge is 2.29. The van der Waals surface area contributed by atoms with Gasteiger partial charge in [0.15, 0.2) is 0 Å². The number of nitrogens with zero attached hydrogens (tertiary/aromatic N) is 3. The molecule has 2 atom stereocenters. The van der Waals surface area contributed by atoms with Gasteiger partial charge in [0.25, 0.3) is 0 Å². The Balaban J connectivity index is 1.69. The molecule has 0 spiro atoms. The van der Waals surface area contributed by atoms with Crippen LogP contribution in [0, 0.1) is 17.2 Å². The standard InChI is InChI=1S/C22H25N3S/c1-16-6-5-11-24(14-16)15-17(2)25-19-7-3-4-8-21(19)26-22-10-9-18(13-23)12-20(22)25/h3-4,7-10,12,16-17H,5-6,11,14-15H2,1-2H3. The average Bonchev–Trinajstić information content (AvgIpc) is 2.65. The number of rotatable bonds is 3. The van der Waals surface area contributed by atoms with Crippen LogP contribution >= 0.6 is 11.8 Å². The number of likely N-dealkylation sites (tertiary alicyclic amines) is 1. The number of nitriles is 1. The van der Waals surface area contributed by atoms with Crippen LogP contribution in [0.2, 0.25) is 0 Å². The lowest BCUT2D eigenvalue weighted by atomic mass is 9.99. The van der Waals surface area contributed by atoms with Gasteiger partial charge in [0, 0.05) is 28.9 Å². The molecule has 0 saturated carbocycles. The second-order valence-corrected chi connectivity index (χ2v) is 8.67. The number of hydrogen-bond acceptors (Lipinski definition) is 4. The number of anilines is 2. The van der Waals surface area contributed by atoms with Gasteiger partial charge in [-0.05, 0) is 62.6 Å². The highest BCUT2D eigenvalue weighted by molar-refractivity contribution is 7.99. The summed E-state index contributed by atoms with van der Waals surface area (Å²) in [4.78, 5) is 7.59. The highest BCUT2D eigenvalue weighted by Crippen LogP contribution is 2.49. The third kappa shape index (κ3) is 3.34. The molecule has 2 aliphatic rings. The fraction of sp³-hybridized carbons (Fsp3) is 0.409. The van der Waals surface area contributed by atoms with Gasteiger partial charge >= 0.3 is 0 Å². The van der Waals surface area contributed by atoms with E-state index in [1.165, 1.54) is 47.1 Å². The molecule has 0 N–H and O–H groups in total. The summed E-state index contributed by atoms with van der Waals surface area (Å²) >= 11 is 1.80. The molecule has 4 rings (SSSR count). The Morgan fingerprint density at radius 3 is 2.81 bits per heavy atom. The third-order valence-electron chi connectivity index (χ3n) is 5.40. The van der Waals surface area contributed by atoms with Gasteiger partial charge in [-0.2, -0.15) is 5.26 Å². The third-order valence-corrected chi connectivity index (χ3v) is 6.53. The van der Waals surface area contributed by atoms with Crippen LogP contribution < -0.4 is 4.90 Å². The number of hydrogen-bond donors (Lipinski definition) is 0. The van der Waals surface area contributed by atoms with Gasteiger partial charge in [-0.15, -0.1) is 0 Å². The lowest BCUT2D eigenvalue weighted by Crippen LogP contribution is -2.44. The van der Waals surface area contributed by atoms with Crippen LogP contribution in [0.25, 0.3) is 0 Å². The molecule has 0 bridgehead atoms. The van der Waals surface area contributed by atoms with Gasteiger partial charge in [0.2, 0.25) is 0 Å². The van der Waals surface area contributed by atoms with Crippen molar-refractivity contribution >= 4 is 23.1 Å². The smallest absolute Gasteiger partial charge is 0.0992 e. The van der Waals surface area contributed by atoms with Crippen LogP contribution in [0.5, 0.6) is 0 Å². The summed E-state index contributed by atoms with van der Waals surface area (Å²) < 4.78 is 0. The Bertz CT molecular complexity index is 842. The summed E-state index contributed by atoms with van der Waals surface area (Å²) in [7, 11) is 0. The van der Waals surface area contributed by atoms with Crippen LogP contribution in [-0.4, -0.2) is 30.6 Å². The Labute approximate surface area is 160 Å². The van der Waals surface area contributed by atoms with E-state index in [1.807, 2.05) is 12.1 Å². The maximum absolute atomic E-state index is 9.37. The van der Waals surface area contributed by atoms with E-state index in [9.17, 15) is 5.26 Å². The van der Waals surface area contributed by atoms with E-state index in [1.54, 1.807) is 11.8 Å². The predicted molar refractivity (Wildman–Crippen MR) is 108 cm³/mol. The minimum absolute atomic E-state index is 0.357. The lowest BCUT2D eigenvalue weighted by Gasteiger charge is -2.41. The SMILES string of the molecule is CC1CCCN(CC(C)N2c3ccccc3Sc3ccc(C#N)cc32)C1. The number of benzene rings is 2. The van der Waals surface area contributed by atoms with E-state index in [0.717, 1.165) is 18.0 Å². The number of piperidine rings is 1. The van der Waals surface area contributed by atoms with Gasteiger partial charge in [0.1, 0.15) is 0 Å². The zero-order valence-electron chi connectivity index (χ0n) is 15.5. The zero-order valence-corrected chi connectivity index (χ0v) is 16.3. The summed E-state index contributed by atoms with van der Waals surface area (Å²) in [6.07, 6.45) is 2.65. The summed E-state index contributed by atoms with van der Waals surface area (Å²) in [5, 5.41) is 9.37. The molecule has 0 aliphatic carbocycles. The molecule has 2 unspecified atom stereocenters. The molecule has 1 fully saturated rings. The summed E-state index contributed by atoms with van der Waals surface area (Å²) in [6.45, 7) is 8.12. The van der Waals surface area contributed by atoms with Crippen molar-refractivity contribution in [3.8, 4) is 6.07 Å². The first-order valence-electron chi connectivity index (χ1n) is 9.48. The first-order valence-corrected chi connectivity index (χ1v) is 10.3. The quantitative estimate of drug-likeness (QED) is 0.742. The van der Waals surface area contributed by atoms with Gasteiger partial charge in [-0.1, -0.05) is 30.8 Å². The minimum Gasteiger partial charge on any atom is -0.335 e. The summed E-state index contributed by atoms with van der Waals surface area (Å²) in [5.74, 6) is 0.789. The highest BCUT2D eigenvalue weighted by atomic mass is 32.2. The number of para-hydroxylation sites is 1. The number of fused-ring (bicyclic) bond motifs is 2. The van der Waals surface area contributed by atoms with Gasteiger partial charge < -0.3 is 9.80 Å². The van der Waals surface area contributed by atoms with Crippen molar-refractivity contribution < 1.29 is 0 Å². The molecule has 0 radical (unpaired) electrons. The zero-order chi connectivity index (χ0) is 18.1. The molecular formula is C22H25N3S. The van der Waals surface area contributed by atoms with Crippen LogP contribution in [0.15, 0.2) is 52.3 Å². The maximum Gasteiger partial charge on any atom is 0.0992 e. The Hall–Kier alpha value is -1.96. The molecule has 2 aromatic rings. The van der Waals surface area contributed by atoms with E-state index in [0.29, 0.717) is 6.04 Å². The van der Waals surface area contributed by atoms with E-state index in [4.69, 9.17) is 0 Å². The van der Waals surface area contributed by atoms with E-state index >= 15 is 0 Å². The first-order chi connectivity index (χ1) is 12.7. The molecule has 4 heteroatoms. The van der Waals surface area contributed by atoms with Crippen molar-refractivity contribution in [3.05, 3.63) is 48.0 Å². The van der Waals surface area contributed by atoms with Gasteiger partial charge in [0.05, 0.1) is 23.0 Å². The van der Waals surface area contributed by atoms with Crippen molar-refractivity contribution in [3.63, 3.8) is 0 Å². The Morgan fingerprint density at radius 1 is 1.19 bits per heavy atom. The maximum atomic E-state index is 9.37. The van der Waals surface area contributed by atoms with Crippen molar-refractivity contribution in [2.75, 3.05) is 24.5 Å². The lowest BCUT2D eigenvalue weighted by molar-refractivity contribution is 0.177. The molecule has 134 valence electrons. The van der Waals surface area contributed by atoms with Gasteiger partial charge in [-0.25, -0.2) is 0 Å². The van der Waals surface area contributed by atoms with Crippen molar-refractivity contribution in [2.24, 2.45) is 5.92 Å². The molecule has 2 aromatic carbocycles. The topological polar surface area (TPSA) is 30.3 Å². The molecule has 0 amide bonds. The van der Waals surface area contributed by atoms with Crippen LogP contribution in [0.3, 0.4) is 0 Å². The second-order valence-electron chi connectivity index (χ2n) is 7.59.